The molecule has 2 atom stereocenters. The van der Waals surface area contributed by atoms with Gasteiger partial charge in [-0.3, -0.25) is 0 Å². The van der Waals surface area contributed by atoms with E-state index in [9.17, 15) is 17.6 Å². The molecule has 0 spiro atoms. The fourth-order valence-electron chi connectivity index (χ4n) is 2.76. The standard InChI is InChI=1S/C14H17F4N/c1-2-9-4-3-5-13(9)19-10-6-7-12(15)11(8-10)14(16,17)18/h6-9,13,19H,2-5H2,1H3. The van der Waals surface area contributed by atoms with Gasteiger partial charge in [0.05, 0.1) is 5.56 Å². The predicted octanol–water partition coefficient (Wildman–Crippen LogP) is 4.84. The number of hydrogen-bond acceptors (Lipinski definition) is 1. The smallest absolute Gasteiger partial charge is 0.382 e. The fourth-order valence-corrected chi connectivity index (χ4v) is 2.76. The Bertz CT molecular complexity index is 442. The number of hydrogen-bond donors (Lipinski definition) is 1. The highest BCUT2D eigenvalue weighted by Gasteiger charge is 2.34. The zero-order chi connectivity index (χ0) is 14.0. The lowest BCUT2D eigenvalue weighted by molar-refractivity contribution is -0.139. The van der Waals surface area contributed by atoms with Crippen LogP contribution in [-0.2, 0) is 6.18 Å². The number of benzene rings is 1. The normalized spacial score (nSPS) is 23.6. The minimum Gasteiger partial charge on any atom is -0.382 e. The van der Waals surface area contributed by atoms with Crippen LogP contribution in [0, 0.1) is 11.7 Å². The second kappa shape index (κ2) is 5.39. The van der Waals surface area contributed by atoms with Crippen molar-refractivity contribution < 1.29 is 17.6 Å². The van der Waals surface area contributed by atoms with Gasteiger partial charge < -0.3 is 5.32 Å². The molecule has 19 heavy (non-hydrogen) atoms. The molecule has 0 heterocycles. The van der Waals surface area contributed by atoms with E-state index in [1.54, 1.807) is 0 Å². The molecule has 0 bridgehead atoms. The predicted molar refractivity (Wildman–Crippen MR) is 66.4 cm³/mol. The summed E-state index contributed by atoms with van der Waals surface area (Å²) in [6, 6.07) is 3.30. The highest BCUT2D eigenvalue weighted by Crippen LogP contribution is 2.35. The van der Waals surface area contributed by atoms with E-state index in [1.807, 2.05) is 0 Å². The lowest BCUT2D eigenvalue weighted by Crippen LogP contribution is -2.23. The van der Waals surface area contributed by atoms with E-state index in [1.165, 1.54) is 6.07 Å². The molecule has 2 rings (SSSR count). The first-order valence-electron chi connectivity index (χ1n) is 6.55. The van der Waals surface area contributed by atoms with E-state index < -0.39 is 17.6 Å². The van der Waals surface area contributed by atoms with E-state index in [2.05, 4.69) is 12.2 Å². The monoisotopic (exact) mass is 275 g/mol. The van der Waals surface area contributed by atoms with Crippen molar-refractivity contribution in [3.63, 3.8) is 0 Å². The fraction of sp³-hybridized carbons (Fsp3) is 0.571. The average Bonchev–Trinajstić information content (AvgIpc) is 2.77. The summed E-state index contributed by atoms with van der Waals surface area (Å²) in [5.74, 6) is -0.740. The number of nitrogens with one attached hydrogen (secondary N) is 1. The van der Waals surface area contributed by atoms with Crippen LogP contribution < -0.4 is 5.32 Å². The Morgan fingerprint density at radius 1 is 1.26 bits per heavy atom. The first-order chi connectivity index (χ1) is 8.91. The summed E-state index contributed by atoms with van der Waals surface area (Å²) in [5.41, 5.74) is -0.859. The van der Waals surface area contributed by atoms with Crippen molar-refractivity contribution in [1.29, 1.82) is 0 Å². The molecule has 1 aromatic carbocycles. The van der Waals surface area contributed by atoms with Gasteiger partial charge in [-0.2, -0.15) is 13.2 Å². The van der Waals surface area contributed by atoms with Crippen molar-refractivity contribution >= 4 is 5.69 Å². The lowest BCUT2D eigenvalue weighted by Gasteiger charge is -2.21. The van der Waals surface area contributed by atoms with Crippen LogP contribution in [0.3, 0.4) is 0 Å². The molecule has 0 aliphatic heterocycles. The molecule has 1 saturated carbocycles. The van der Waals surface area contributed by atoms with E-state index >= 15 is 0 Å². The largest absolute Gasteiger partial charge is 0.419 e. The van der Waals surface area contributed by atoms with Gasteiger partial charge in [0.2, 0.25) is 0 Å². The van der Waals surface area contributed by atoms with Crippen molar-refractivity contribution in [2.24, 2.45) is 5.92 Å². The number of alkyl halides is 3. The van der Waals surface area contributed by atoms with Crippen molar-refractivity contribution in [1.82, 2.24) is 0 Å². The molecule has 1 aliphatic rings. The Morgan fingerprint density at radius 2 is 2.00 bits per heavy atom. The van der Waals surface area contributed by atoms with E-state index in [0.717, 1.165) is 37.8 Å². The molecular weight excluding hydrogens is 258 g/mol. The van der Waals surface area contributed by atoms with Gasteiger partial charge in [-0.1, -0.05) is 19.8 Å². The summed E-state index contributed by atoms with van der Waals surface area (Å²) in [7, 11) is 0. The van der Waals surface area contributed by atoms with Crippen molar-refractivity contribution in [2.75, 3.05) is 5.32 Å². The first kappa shape index (κ1) is 14.2. The van der Waals surface area contributed by atoms with Crippen LogP contribution in [0.1, 0.15) is 38.2 Å². The Morgan fingerprint density at radius 3 is 2.63 bits per heavy atom. The van der Waals surface area contributed by atoms with Crippen LogP contribution in [0.25, 0.3) is 0 Å². The first-order valence-corrected chi connectivity index (χ1v) is 6.55. The molecule has 0 amide bonds. The molecule has 5 heteroatoms. The van der Waals surface area contributed by atoms with Gasteiger partial charge >= 0.3 is 6.18 Å². The third kappa shape index (κ3) is 3.19. The van der Waals surface area contributed by atoms with Crippen LogP contribution in [0.5, 0.6) is 0 Å². The summed E-state index contributed by atoms with van der Waals surface area (Å²) < 4.78 is 51.0. The maximum atomic E-state index is 13.2. The Hall–Kier alpha value is -1.26. The second-order valence-corrected chi connectivity index (χ2v) is 5.04. The van der Waals surface area contributed by atoms with E-state index in [-0.39, 0.29) is 6.04 Å². The third-order valence-electron chi connectivity index (χ3n) is 3.81. The molecule has 0 saturated heterocycles. The quantitative estimate of drug-likeness (QED) is 0.779. The Kier molecular flexibility index (Phi) is 4.02. The van der Waals surface area contributed by atoms with Crippen LogP contribution in [-0.4, -0.2) is 6.04 Å². The van der Waals surface area contributed by atoms with Crippen molar-refractivity contribution in [2.45, 2.75) is 44.8 Å². The van der Waals surface area contributed by atoms with Crippen LogP contribution in [0.2, 0.25) is 0 Å². The lowest BCUT2D eigenvalue weighted by atomic mass is 10.0. The summed E-state index contributed by atoms with van der Waals surface area (Å²) in [6.07, 6.45) is -0.505. The maximum Gasteiger partial charge on any atom is 0.419 e. The van der Waals surface area contributed by atoms with Gasteiger partial charge in [0.15, 0.2) is 0 Å². The zero-order valence-corrected chi connectivity index (χ0v) is 10.7. The van der Waals surface area contributed by atoms with Gasteiger partial charge in [-0.15, -0.1) is 0 Å². The molecular formula is C14H17F4N. The molecule has 1 nitrogen and oxygen atoms in total. The molecule has 1 aliphatic carbocycles. The summed E-state index contributed by atoms with van der Waals surface area (Å²) in [6.45, 7) is 2.08. The highest BCUT2D eigenvalue weighted by molar-refractivity contribution is 5.48. The highest BCUT2D eigenvalue weighted by atomic mass is 19.4. The maximum absolute atomic E-state index is 13.2. The van der Waals surface area contributed by atoms with E-state index in [4.69, 9.17) is 0 Å². The topological polar surface area (TPSA) is 12.0 Å². The Balaban J connectivity index is 2.17. The van der Waals surface area contributed by atoms with Crippen LogP contribution >= 0.6 is 0 Å². The van der Waals surface area contributed by atoms with Gasteiger partial charge in [-0.05, 0) is 37.0 Å². The van der Waals surface area contributed by atoms with E-state index in [0.29, 0.717) is 11.6 Å². The molecule has 1 aromatic rings. The molecule has 1 N–H and O–H groups in total. The van der Waals surface area contributed by atoms with Crippen molar-refractivity contribution in [3.8, 4) is 0 Å². The summed E-state index contributed by atoms with van der Waals surface area (Å²) in [5, 5.41) is 3.11. The number of halogens is 4. The number of rotatable bonds is 3. The second-order valence-electron chi connectivity index (χ2n) is 5.04. The van der Waals surface area contributed by atoms with Crippen LogP contribution in [0.4, 0.5) is 23.2 Å². The van der Waals surface area contributed by atoms with Gasteiger partial charge in [-0.25, -0.2) is 4.39 Å². The minimum absolute atomic E-state index is 0.191. The molecule has 0 radical (unpaired) electrons. The van der Waals surface area contributed by atoms with Crippen LogP contribution in [0.15, 0.2) is 18.2 Å². The molecule has 0 aromatic heterocycles. The third-order valence-corrected chi connectivity index (χ3v) is 3.81. The minimum atomic E-state index is -4.65. The number of anilines is 1. The van der Waals surface area contributed by atoms with Gasteiger partial charge in [0, 0.05) is 11.7 Å². The molecule has 106 valence electrons. The van der Waals surface area contributed by atoms with Gasteiger partial charge in [0.25, 0.3) is 0 Å². The molecule has 2 unspecified atom stereocenters. The SMILES string of the molecule is CCC1CCCC1Nc1ccc(F)c(C(F)(F)F)c1. The summed E-state index contributed by atoms with van der Waals surface area (Å²) in [4.78, 5) is 0. The Labute approximate surface area is 110 Å². The summed E-state index contributed by atoms with van der Waals surface area (Å²) >= 11 is 0. The zero-order valence-electron chi connectivity index (χ0n) is 10.7. The van der Waals surface area contributed by atoms with Gasteiger partial charge in [0.1, 0.15) is 5.82 Å². The molecule has 1 fully saturated rings. The van der Waals surface area contributed by atoms with Crippen molar-refractivity contribution in [3.05, 3.63) is 29.6 Å². The average molecular weight is 275 g/mol.